The maximum absolute atomic E-state index is 12.1. The van der Waals surface area contributed by atoms with Crippen LogP contribution >= 0.6 is 0 Å². The van der Waals surface area contributed by atoms with Crippen molar-refractivity contribution in [3.63, 3.8) is 0 Å². The van der Waals surface area contributed by atoms with Crippen molar-refractivity contribution in [2.45, 2.75) is 38.0 Å². The predicted molar refractivity (Wildman–Crippen MR) is 44.5 cm³/mol. The average Bonchev–Trinajstić information content (AvgIpc) is 2.04. The molecule has 0 aliphatic carbocycles. The van der Waals surface area contributed by atoms with Crippen LogP contribution in [0.25, 0.3) is 0 Å². The van der Waals surface area contributed by atoms with Crippen molar-refractivity contribution >= 4 is 0 Å². The Morgan fingerprint density at radius 1 is 1.31 bits per heavy atom. The summed E-state index contributed by atoms with van der Waals surface area (Å²) < 4.78 is 36.4. The Balaban J connectivity index is 2.30. The third kappa shape index (κ3) is 3.52. The van der Waals surface area contributed by atoms with Crippen molar-refractivity contribution in [2.24, 2.45) is 0 Å². The molecular formula is C8H15F3N2. The molecule has 13 heavy (non-hydrogen) atoms. The van der Waals surface area contributed by atoms with Gasteiger partial charge in [0.25, 0.3) is 0 Å². The SMILES string of the molecule is CC(NC1CCNCC1)C(F)(F)F. The van der Waals surface area contributed by atoms with Crippen LogP contribution < -0.4 is 10.6 Å². The second kappa shape index (κ2) is 4.28. The van der Waals surface area contributed by atoms with E-state index in [9.17, 15) is 13.2 Å². The smallest absolute Gasteiger partial charge is 0.317 e. The lowest BCUT2D eigenvalue weighted by Crippen LogP contribution is -2.49. The van der Waals surface area contributed by atoms with Gasteiger partial charge in [0.15, 0.2) is 0 Å². The minimum Gasteiger partial charge on any atom is -0.317 e. The van der Waals surface area contributed by atoms with Gasteiger partial charge in [-0.25, -0.2) is 0 Å². The first-order valence-corrected chi connectivity index (χ1v) is 4.53. The van der Waals surface area contributed by atoms with E-state index in [0.717, 1.165) is 25.9 Å². The number of halogens is 3. The molecule has 78 valence electrons. The van der Waals surface area contributed by atoms with Crippen LogP contribution in [-0.4, -0.2) is 31.3 Å². The molecule has 0 aromatic heterocycles. The van der Waals surface area contributed by atoms with Crippen LogP contribution in [0.3, 0.4) is 0 Å². The lowest BCUT2D eigenvalue weighted by molar-refractivity contribution is -0.153. The number of piperidine rings is 1. The molecule has 0 aromatic carbocycles. The van der Waals surface area contributed by atoms with Gasteiger partial charge in [0, 0.05) is 6.04 Å². The number of rotatable bonds is 2. The number of alkyl halides is 3. The van der Waals surface area contributed by atoms with Crippen LogP contribution in [-0.2, 0) is 0 Å². The van der Waals surface area contributed by atoms with Crippen molar-refractivity contribution in [1.29, 1.82) is 0 Å². The second-order valence-electron chi connectivity index (χ2n) is 3.45. The molecule has 0 saturated carbocycles. The quantitative estimate of drug-likeness (QED) is 0.695. The molecule has 2 nitrogen and oxygen atoms in total. The summed E-state index contributed by atoms with van der Waals surface area (Å²) in [5, 5.41) is 5.70. The molecule has 0 spiro atoms. The van der Waals surface area contributed by atoms with Gasteiger partial charge in [-0.05, 0) is 32.9 Å². The van der Waals surface area contributed by atoms with E-state index in [1.165, 1.54) is 6.92 Å². The van der Waals surface area contributed by atoms with E-state index in [1.54, 1.807) is 0 Å². The highest BCUT2D eigenvalue weighted by atomic mass is 19.4. The molecular weight excluding hydrogens is 181 g/mol. The van der Waals surface area contributed by atoms with E-state index in [1.807, 2.05) is 0 Å². The molecule has 1 aliphatic rings. The van der Waals surface area contributed by atoms with E-state index in [4.69, 9.17) is 0 Å². The van der Waals surface area contributed by atoms with Crippen molar-refractivity contribution in [2.75, 3.05) is 13.1 Å². The Kier molecular flexibility index (Phi) is 3.55. The fourth-order valence-corrected chi connectivity index (χ4v) is 1.44. The van der Waals surface area contributed by atoms with E-state index in [-0.39, 0.29) is 6.04 Å². The second-order valence-corrected chi connectivity index (χ2v) is 3.45. The molecule has 0 amide bonds. The average molecular weight is 196 g/mol. The van der Waals surface area contributed by atoms with Gasteiger partial charge in [-0.1, -0.05) is 0 Å². The van der Waals surface area contributed by atoms with Gasteiger partial charge in [0.05, 0.1) is 0 Å². The van der Waals surface area contributed by atoms with Gasteiger partial charge in [-0.2, -0.15) is 13.2 Å². The standard InChI is InChI=1S/C8H15F3N2/c1-6(8(9,10)11)13-7-2-4-12-5-3-7/h6-7,12-13H,2-5H2,1H3. The van der Waals surface area contributed by atoms with Crippen molar-refractivity contribution in [3.05, 3.63) is 0 Å². The molecule has 5 heteroatoms. The number of nitrogens with one attached hydrogen (secondary N) is 2. The first kappa shape index (κ1) is 10.8. The van der Waals surface area contributed by atoms with Crippen molar-refractivity contribution in [3.8, 4) is 0 Å². The zero-order valence-corrected chi connectivity index (χ0v) is 7.62. The summed E-state index contributed by atoms with van der Waals surface area (Å²) in [6.45, 7) is 2.78. The van der Waals surface area contributed by atoms with Crippen LogP contribution in [0.15, 0.2) is 0 Å². The molecule has 0 bridgehead atoms. The minimum atomic E-state index is -4.12. The van der Waals surface area contributed by atoms with Crippen LogP contribution in [0.5, 0.6) is 0 Å². The molecule has 1 saturated heterocycles. The van der Waals surface area contributed by atoms with E-state index in [2.05, 4.69) is 10.6 Å². The Bertz CT molecular complexity index is 152. The van der Waals surface area contributed by atoms with Gasteiger partial charge >= 0.3 is 6.18 Å². The van der Waals surface area contributed by atoms with Crippen LogP contribution in [0, 0.1) is 0 Å². The summed E-state index contributed by atoms with van der Waals surface area (Å²) in [6, 6.07) is -1.38. The van der Waals surface area contributed by atoms with Gasteiger partial charge in [-0.15, -0.1) is 0 Å². The molecule has 0 radical (unpaired) electrons. The Morgan fingerprint density at radius 3 is 2.31 bits per heavy atom. The normalized spacial score (nSPS) is 23.1. The summed E-state index contributed by atoms with van der Waals surface area (Å²) >= 11 is 0. The summed E-state index contributed by atoms with van der Waals surface area (Å²) in [7, 11) is 0. The summed E-state index contributed by atoms with van der Waals surface area (Å²) in [4.78, 5) is 0. The summed E-state index contributed by atoms with van der Waals surface area (Å²) in [5.74, 6) is 0. The predicted octanol–water partition coefficient (Wildman–Crippen LogP) is 1.28. The lowest BCUT2D eigenvalue weighted by Gasteiger charge is -2.28. The van der Waals surface area contributed by atoms with Gasteiger partial charge in [-0.3, -0.25) is 0 Å². The maximum Gasteiger partial charge on any atom is 0.403 e. The van der Waals surface area contributed by atoms with Crippen molar-refractivity contribution < 1.29 is 13.2 Å². The van der Waals surface area contributed by atoms with Crippen LogP contribution in [0.2, 0.25) is 0 Å². The fourth-order valence-electron chi connectivity index (χ4n) is 1.44. The number of hydrogen-bond donors (Lipinski definition) is 2. The molecule has 0 aromatic rings. The summed E-state index contributed by atoms with van der Waals surface area (Å²) in [6.07, 6.45) is -2.56. The highest BCUT2D eigenvalue weighted by Crippen LogP contribution is 2.20. The van der Waals surface area contributed by atoms with E-state index in [0.29, 0.717) is 0 Å². The van der Waals surface area contributed by atoms with Crippen LogP contribution in [0.1, 0.15) is 19.8 Å². The Morgan fingerprint density at radius 2 is 1.85 bits per heavy atom. The topological polar surface area (TPSA) is 24.1 Å². The molecule has 2 N–H and O–H groups in total. The first-order chi connectivity index (χ1) is 6.00. The van der Waals surface area contributed by atoms with E-state index < -0.39 is 12.2 Å². The van der Waals surface area contributed by atoms with Crippen LogP contribution in [0.4, 0.5) is 13.2 Å². The third-order valence-corrected chi connectivity index (χ3v) is 2.32. The lowest BCUT2D eigenvalue weighted by atomic mass is 10.1. The molecule has 1 heterocycles. The van der Waals surface area contributed by atoms with E-state index >= 15 is 0 Å². The zero-order valence-electron chi connectivity index (χ0n) is 7.62. The number of hydrogen-bond acceptors (Lipinski definition) is 2. The van der Waals surface area contributed by atoms with Crippen molar-refractivity contribution in [1.82, 2.24) is 10.6 Å². The van der Waals surface area contributed by atoms with Gasteiger partial charge in [0.2, 0.25) is 0 Å². The minimum absolute atomic E-state index is 0.0119. The highest BCUT2D eigenvalue weighted by Gasteiger charge is 2.37. The maximum atomic E-state index is 12.1. The molecule has 1 rings (SSSR count). The Hall–Kier alpha value is -0.290. The first-order valence-electron chi connectivity index (χ1n) is 4.53. The molecule has 1 unspecified atom stereocenters. The monoisotopic (exact) mass is 196 g/mol. The fraction of sp³-hybridized carbons (Fsp3) is 1.00. The largest absolute Gasteiger partial charge is 0.403 e. The molecule has 1 atom stereocenters. The summed E-state index contributed by atoms with van der Waals surface area (Å²) in [5.41, 5.74) is 0. The Labute approximate surface area is 75.9 Å². The molecule has 1 fully saturated rings. The zero-order chi connectivity index (χ0) is 9.90. The van der Waals surface area contributed by atoms with Gasteiger partial charge < -0.3 is 10.6 Å². The van der Waals surface area contributed by atoms with Gasteiger partial charge in [0.1, 0.15) is 6.04 Å². The third-order valence-electron chi connectivity index (χ3n) is 2.32. The highest BCUT2D eigenvalue weighted by molar-refractivity contribution is 4.80. The molecule has 1 aliphatic heterocycles.